The summed E-state index contributed by atoms with van der Waals surface area (Å²) < 4.78 is 4.46. The van der Waals surface area contributed by atoms with Gasteiger partial charge in [-0.25, -0.2) is 9.97 Å². The standard InChI is InChI=1S/C13H16N6OS/c20-11-7-10(14-8-15-11)18-3-5-19(6-4-18)13-16-12(17-21-13)9-1-2-9/h7-9H,1-6H2,(H,14,15,20). The molecule has 3 heterocycles. The van der Waals surface area contributed by atoms with Crippen LogP contribution >= 0.6 is 11.5 Å². The number of H-pyrrole nitrogens is 1. The zero-order valence-corrected chi connectivity index (χ0v) is 12.3. The van der Waals surface area contributed by atoms with Crippen LogP contribution in [0.2, 0.25) is 0 Å². The molecule has 4 rings (SSSR count). The van der Waals surface area contributed by atoms with Crippen LogP contribution in [0, 0.1) is 0 Å². The van der Waals surface area contributed by atoms with Gasteiger partial charge in [-0.05, 0) is 12.8 Å². The minimum atomic E-state index is -0.111. The number of anilines is 2. The van der Waals surface area contributed by atoms with Gasteiger partial charge in [-0.15, -0.1) is 0 Å². The van der Waals surface area contributed by atoms with E-state index in [4.69, 9.17) is 0 Å². The number of aromatic nitrogens is 4. The first kappa shape index (κ1) is 12.8. The van der Waals surface area contributed by atoms with Crippen LogP contribution in [0.3, 0.4) is 0 Å². The Morgan fingerprint density at radius 1 is 1.19 bits per heavy atom. The van der Waals surface area contributed by atoms with Gasteiger partial charge in [-0.2, -0.15) is 4.37 Å². The molecule has 0 spiro atoms. The molecule has 1 aliphatic carbocycles. The van der Waals surface area contributed by atoms with Crippen molar-refractivity contribution in [3.63, 3.8) is 0 Å². The van der Waals surface area contributed by atoms with Crippen molar-refractivity contribution in [3.05, 3.63) is 28.6 Å². The van der Waals surface area contributed by atoms with Crippen molar-refractivity contribution in [1.82, 2.24) is 19.3 Å². The Morgan fingerprint density at radius 3 is 2.67 bits per heavy atom. The average Bonchev–Trinajstić information content (AvgIpc) is 3.25. The van der Waals surface area contributed by atoms with E-state index in [1.54, 1.807) is 6.07 Å². The van der Waals surface area contributed by atoms with Crippen molar-refractivity contribution in [2.24, 2.45) is 0 Å². The quantitative estimate of drug-likeness (QED) is 0.905. The second kappa shape index (κ2) is 5.10. The Bertz CT molecular complexity index is 686. The van der Waals surface area contributed by atoms with E-state index in [0.29, 0.717) is 5.92 Å². The zero-order valence-electron chi connectivity index (χ0n) is 11.5. The van der Waals surface area contributed by atoms with Crippen LogP contribution in [0.25, 0.3) is 0 Å². The van der Waals surface area contributed by atoms with Gasteiger partial charge < -0.3 is 14.8 Å². The highest BCUT2D eigenvalue weighted by Gasteiger charge is 2.29. The van der Waals surface area contributed by atoms with Crippen LogP contribution in [-0.2, 0) is 0 Å². The van der Waals surface area contributed by atoms with Gasteiger partial charge in [0.15, 0.2) is 0 Å². The SMILES string of the molecule is O=c1cc(N2CCN(c3nc(C4CC4)ns3)CC2)nc[nH]1. The molecule has 2 aliphatic rings. The van der Waals surface area contributed by atoms with Crippen molar-refractivity contribution in [2.75, 3.05) is 36.0 Å². The maximum atomic E-state index is 11.3. The summed E-state index contributed by atoms with van der Waals surface area (Å²) in [6.45, 7) is 3.45. The van der Waals surface area contributed by atoms with Gasteiger partial charge in [0.05, 0.1) is 6.33 Å². The molecule has 0 amide bonds. The Morgan fingerprint density at radius 2 is 1.95 bits per heavy atom. The third-order valence-electron chi connectivity index (χ3n) is 3.91. The predicted octanol–water partition coefficient (Wildman–Crippen LogP) is 0.825. The first-order valence-corrected chi connectivity index (χ1v) is 7.95. The molecule has 0 radical (unpaired) electrons. The number of nitrogens with zero attached hydrogens (tertiary/aromatic N) is 5. The fourth-order valence-electron chi connectivity index (χ4n) is 2.52. The second-order valence-electron chi connectivity index (χ2n) is 5.45. The molecule has 2 aromatic heterocycles. The summed E-state index contributed by atoms with van der Waals surface area (Å²) in [7, 11) is 0. The lowest BCUT2D eigenvalue weighted by atomic mass is 10.3. The molecule has 1 N–H and O–H groups in total. The first-order chi connectivity index (χ1) is 10.3. The molecule has 0 aromatic carbocycles. The molecule has 2 fully saturated rings. The molecule has 1 aliphatic heterocycles. The highest BCUT2D eigenvalue weighted by atomic mass is 32.1. The molecular formula is C13H16N6OS. The number of rotatable bonds is 3. The topological polar surface area (TPSA) is 78.0 Å². The fraction of sp³-hybridized carbons (Fsp3) is 0.538. The van der Waals surface area contributed by atoms with E-state index in [1.165, 1.54) is 30.7 Å². The molecule has 0 bridgehead atoms. The van der Waals surface area contributed by atoms with Gasteiger partial charge in [-0.1, -0.05) is 0 Å². The number of hydrogen-bond donors (Lipinski definition) is 1. The summed E-state index contributed by atoms with van der Waals surface area (Å²) in [5.41, 5.74) is -0.111. The van der Waals surface area contributed by atoms with E-state index in [9.17, 15) is 4.79 Å². The lowest BCUT2D eigenvalue weighted by molar-refractivity contribution is 0.644. The molecule has 1 saturated carbocycles. The summed E-state index contributed by atoms with van der Waals surface area (Å²) in [6.07, 6.45) is 3.92. The maximum absolute atomic E-state index is 11.3. The largest absolute Gasteiger partial charge is 0.353 e. The fourth-order valence-corrected chi connectivity index (χ4v) is 3.32. The smallest absolute Gasteiger partial charge is 0.252 e. The molecular weight excluding hydrogens is 288 g/mol. The highest BCUT2D eigenvalue weighted by Crippen LogP contribution is 2.39. The summed E-state index contributed by atoms with van der Waals surface area (Å²) in [5, 5.41) is 1.02. The van der Waals surface area contributed by atoms with E-state index >= 15 is 0 Å². The Kier molecular flexibility index (Phi) is 3.10. The van der Waals surface area contributed by atoms with Gasteiger partial charge in [-0.3, -0.25) is 4.79 Å². The molecule has 2 aromatic rings. The van der Waals surface area contributed by atoms with E-state index in [-0.39, 0.29) is 5.56 Å². The van der Waals surface area contributed by atoms with E-state index in [0.717, 1.165) is 43.0 Å². The van der Waals surface area contributed by atoms with Gasteiger partial charge in [0.25, 0.3) is 5.56 Å². The van der Waals surface area contributed by atoms with Crippen molar-refractivity contribution in [1.29, 1.82) is 0 Å². The lowest BCUT2D eigenvalue weighted by Gasteiger charge is -2.34. The minimum Gasteiger partial charge on any atom is -0.353 e. The molecule has 1 saturated heterocycles. The number of nitrogens with one attached hydrogen (secondary N) is 1. The third kappa shape index (κ3) is 2.63. The Hall–Kier alpha value is -1.96. The van der Waals surface area contributed by atoms with E-state index in [2.05, 4.69) is 29.1 Å². The van der Waals surface area contributed by atoms with Crippen LogP contribution in [-0.4, -0.2) is 45.5 Å². The van der Waals surface area contributed by atoms with Crippen molar-refractivity contribution in [2.45, 2.75) is 18.8 Å². The molecule has 8 heteroatoms. The summed E-state index contributed by atoms with van der Waals surface area (Å²) in [6, 6.07) is 1.55. The molecule has 7 nitrogen and oxygen atoms in total. The van der Waals surface area contributed by atoms with Crippen LogP contribution in [0.1, 0.15) is 24.6 Å². The molecule has 21 heavy (non-hydrogen) atoms. The average molecular weight is 304 g/mol. The Labute approximate surface area is 125 Å². The summed E-state index contributed by atoms with van der Waals surface area (Å²) in [4.78, 5) is 27.2. The zero-order chi connectivity index (χ0) is 14.2. The van der Waals surface area contributed by atoms with E-state index in [1.807, 2.05) is 0 Å². The van der Waals surface area contributed by atoms with E-state index < -0.39 is 0 Å². The normalized spacial score (nSPS) is 19.0. The summed E-state index contributed by atoms with van der Waals surface area (Å²) >= 11 is 1.50. The number of hydrogen-bond acceptors (Lipinski definition) is 7. The van der Waals surface area contributed by atoms with Gasteiger partial charge in [0, 0.05) is 49.7 Å². The predicted molar refractivity (Wildman–Crippen MR) is 81.2 cm³/mol. The third-order valence-corrected chi connectivity index (χ3v) is 4.70. The highest BCUT2D eigenvalue weighted by molar-refractivity contribution is 7.09. The molecule has 110 valence electrons. The number of aromatic amines is 1. The van der Waals surface area contributed by atoms with Gasteiger partial charge in [0.1, 0.15) is 11.6 Å². The molecule has 0 unspecified atom stereocenters. The first-order valence-electron chi connectivity index (χ1n) is 7.18. The van der Waals surface area contributed by atoms with Crippen molar-refractivity contribution >= 4 is 22.5 Å². The van der Waals surface area contributed by atoms with Crippen LogP contribution < -0.4 is 15.4 Å². The number of piperazine rings is 1. The Balaban J connectivity index is 1.42. The minimum absolute atomic E-state index is 0.111. The van der Waals surface area contributed by atoms with Crippen LogP contribution in [0.4, 0.5) is 10.9 Å². The van der Waals surface area contributed by atoms with Gasteiger partial charge >= 0.3 is 0 Å². The van der Waals surface area contributed by atoms with Crippen LogP contribution in [0.15, 0.2) is 17.2 Å². The lowest BCUT2D eigenvalue weighted by Crippen LogP contribution is -2.47. The second-order valence-corrected chi connectivity index (χ2v) is 6.18. The summed E-state index contributed by atoms with van der Waals surface area (Å²) in [5.74, 6) is 2.37. The van der Waals surface area contributed by atoms with Crippen LogP contribution in [0.5, 0.6) is 0 Å². The van der Waals surface area contributed by atoms with Crippen molar-refractivity contribution < 1.29 is 0 Å². The maximum Gasteiger partial charge on any atom is 0.252 e. The molecule has 0 atom stereocenters. The van der Waals surface area contributed by atoms with Gasteiger partial charge in [0.2, 0.25) is 5.13 Å². The monoisotopic (exact) mass is 304 g/mol. The van der Waals surface area contributed by atoms with Crippen molar-refractivity contribution in [3.8, 4) is 0 Å².